The third kappa shape index (κ3) is 4.14. The molecule has 1 aromatic carbocycles. The van der Waals surface area contributed by atoms with Gasteiger partial charge in [0.05, 0.1) is 6.61 Å². The monoisotopic (exact) mass is 370 g/mol. The van der Waals surface area contributed by atoms with Gasteiger partial charge in [0.25, 0.3) is 0 Å². The molecule has 0 bridgehead atoms. The summed E-state index contributed by atoms with van der Waals surface area (Å²) in [7, 11) is 0. The molecule has 2 saturated heterocycles. The van der Waals surface area contributed by atoms with E-state index < -0.39 is 0 Å². The third-order valence-electron chi connectivity index (χ3n) is 5.52. The van der Waals surface area contributed by atoms with Gasteiger partial charge in [0.15, 0.2) is 0 Å². The molecule has 0 aromatic heterocycles. The summed E-state index contributed by atoms with van der Waals surface area (Å²) >= 11 is 0. The fraction of sp³-hybridized carbons (Fsp3) is 0.500. The van der Waals surface area contributed by atoms with Gasteiger partial charge in [0.2, 0.25) is 12.2 Å². The van der Waals surface area contributed by atoms with E-state index in [4.69, 9.17) is 4.74 Å². The molecule has 3 aliphatic rings. The van der Waals surface area contributed by atoms with E-state index in [-0.39, 0.29) is 12.2 Å². The van der Waals surface area contributed by atoms with Crippen LogP contribution in [0.4, 0.5) is 0 Å². The molecule has 3 aliphatic heterocycles. The molecule has 3 atom stereocenters. The lowest BCUT2D eigenvalue weighted by atomic mass is 10.0. The van der Waals surface area contributed by atoms with Crippen LogP contribution >= 0.6 is 0 Å². The summed E-state index contributed by atoms with van der Waals surface area (Å²) in [5, 5.41) is 11.1. The molecule has 2 fully saturated rings. The number of amides is 1. The number of ether oxygens (including phenoxy) is 1. The highest BCUT2D eigenvalue weighted by atomic mass is 16.5. The van der Waals surface area contributed by atoms with Crippen molar-refractivity contribution in [1.82, 2.24) is 14.9 Å². The summed E-state index contributed by atoms with van der Waals surface area (Å²) < 4.78 is 5.66. The predicted octanol–water partition coefficient (Wildman–Crippen LogP) is 1.81. The predicted molar refractivity (Wildman–Crippen MR) is 101 cm³/mol. The Morgan fingerprint density at radius 2 is 1.89 bits per heavy atom. The summed E-state index contributed by atoms with van der Waals surface area (Å²) in [6, 6.07) is 9.69. The standard InChI is InChI=1S/C20H26N4O3/c25-19(8-4-11-27-18-6-2-1-3-7-18)22-12-16-14-23(15-17(16)13-22)20-21-9-5-10-24(20)26/h1-3,5-7,9-10,16-17,20,26H,4,8,11-15H2. The summed E-state index contributed by atoms with van der Waals surface area (Å²) in [6.45, 7) is 3.88. The van der Waals surface area contributed by atoms with E-state index in [2.05, 4.69) is 9.89 Å². The number of hydrogen-bond donors (Lipinski definition) is 1. The first kappa shape index (κ1) is 18.0. The highest BCUT2D eigenvalue weighted by molar-refractivity contribution is 5.76. The van der Waals surface area contributed by atoms with Crippen molar-refractivity contribution in [2.24, 2.45) is 16.8 Å². The van der Waals surface area contributed by atoms with E-state index in [0.29, 0.717) is 24.9 Å². The van der Waals surface area contributed by atoms with Crippen molar-refractivity contribution in [1.29, 1.82) is 0 Å². The van der Waals surface area contributed by atoms with Crippen molar-refractivity contribution >= 4 is 12.1 Å². The number of hydrogen-bond acceptors (Lipinski definition) is 6. The third-order valence-corrected chi connectivity index (χ3v) is 5.52. The van der Waals surface area contributed by atoms with Crippen LogP contribution in [0.25, 0.3) is 0 Å². The Morgan fingerprint density at radius 1 is 1.15 bits per heavy atom. The van der Waals surface area contributed by atoms with Crippen molar-refractivity contribution in [3.05, 3.63) is 42.6 Å². The van der Waals surface area contributed by atoms with Crippen LogP contribution in [-0.4, -0.2) is 71.3 Å². The first-order valence-corrected chi connectivity index (χ1v) is 9.57. The van der Waals surface area contributed by atoms with Crippen molar-refractivity contribution < 1.29 is 14.7 Å². The highest BCUT2D eigenvalue weighted by Gasteiger charge is 2.44. The number of nitrogens with zero attached hydrogens (tertiary/aromatic N) is 4. The summed E-state index contributed by atoms with van der Waals surface area (Å²) in [5.74, 6) is 1.99. The van der Waals surface area contributed by atoms with Crippen LogP contribution in [0.1, 0.15) is 12.8 Å². The van der Waals surface area contributed by atoms with Crippen LogP contribution in [0.3, 0.4) is 0 Å². The van der Waals surface area contributed by atoms with Crippen LogP contribution in [0, 0.1) is 11.8 Å². The molecule has 1 N–H and O–H groups in total. The molecule has 0 aliphatic carbocycles. The Bertz CT molecular complexity index is 694. The van der Waals surface area contributed by atoms with Gasteiger partial charge in [-0.15, -0.1) is 0 Å². The van der Waals surface area contributed by atoms with Gasteiger partial charge in [-0.1, -0.05) is 18.2 Å². The Hall–Kier alpha value is -2.38. The number of fused-ring (bicyclic) bond motifs is 1. The van der Waals surface area contributed by atoms with E-state index in [9.17, 15) is 10.0 Å². The number of rotatable bonds is 6. The minimum Gasteiger partial charge on any atom is -0.494 e. The van der Waals surface area contributed by atoms with Gasteiger partial charge in [-0.05, 0) is 36.5 Å². The molecular weight excluding hydrogens is 344 g/mol. The van der Waals surface area contributed by atoms with E-state index >= 15 is 0 Å². The SMILES string of the molecule is O=C(CCCOc1ccccc1)N1CC2CN(C3N=CC=CN3O)CC2C1. The Labute approximate surface area is 159 Å². The molecule has 144 valence electrons. The number of para-hydroxylation sites is 1. The lowest BCUT2D eigenvalue weighted by molar-refractivity contribution is -0.133. The number of aliphatic imine (C=N–C) groups is 1. The van der Waals surface area contributed by atoms with Crippen molar-refractivity contribution in [2.75, 3.05) is 32.8 Å². The number of hydroxylamine groups is 2. The fourth-order valence-electron chi connectivity index (χ4n) is 4.17. The van der Waals surface area contributed by atoms with Gasteiger partial charge in [0.1, 0.15) is 5.75 Å². The average Bonchev–Trinajstić information content (AvgIpc) is 3.25. The zero-order valence-electron chi connectivity index (χ0n) is 15.4. The Morgan fingerprint density at radius 3 is 2.59 bits per heavy atom. The molecule has 0 spiro atoms. The molecule has 1 amide bonds. The molecule has 4 rings (SSSR count). The molecule has 7 heteroatoms. The fourth-order valence-corrected chi connectivity index (χ4v) is 4.17. The zero-order valence-corrected chi connectivity index (χ0v) is 15.4. The zero-order chi connectivity index (χ0) is 18.6. The summed E-state index contributed by atoms with van der Waals surface area (Å²) in [5.41, 5.74) is 0. The van der Waals surface area contributed by atoms with Crippen molar-refractivity contribution in [2.45, 2.75) is 19.1 Å². The van der Waals surface area contributed by atoms with Crippen molar-refractivity contribution in [3.8, 4) is 5.75 Å². The van der Waals surface area contributed by atoms with E-state index in [1.807, 2.05) is 35.2 Å². The molecule has 27 heavy (non-hydrogen) atoms. The molecule has 3 heterocycles. The molecule has 3 unspecified atom stereocenters. The van der Waals surface area contributed by atoms with Crippen LogP contribution < -0.4 is 4.74 Å². The minimum absolute atomic E-state index is 0.218. The number of carbonyl (C=O) groups is 1. The maximum atomic E-state index is 12.5. The van der Waals surface area contributed by atoms with Gasteiger partial charge < -0.3 is 9.64 Å². The van der Waals surface area contributed by atoms with E-state index in [1.54, 1.807) is 18.5 Å². The molecule has 7 nitrogen and oxygen atoms in total. The number of benzene rings is 1. The second-order valence-corrected chi connectivity index (χ2v) is 7.40. The minimum atomic E-state index is -0.333. The van der Waals surface area contributed by atoms with Crippen LogP contribution in [0.2, 0.25) is 0 Å². The normalized spacial score (nSPS) is 27.2. The Balaban J connectivity index is 1.19. The van der Waals surface area contributed by atoms with Gasteiger partial charge >= 0.3 is 0 Å². The molecule has 0 saturated carbocycles. The maximum absolute atomic E-state index is 12.5. The van der Waals surface area contributed by atoms with E-state index in [1.165, 1.54) is 0 Å². The first-order valence-electron chi connectivity index (χ1n) is 9.57. The second kappa shape index (κ2) is 8.10. The molecule has 0 radical (unpaired) electrons. The second-order valence-electron chi connectivity index (χ2n) is 7.40. The topological polar surface area (TPSA) is 68.6 Å². The average molecular weight is 370 g/mol. The van der Waals surface area contributed by atoms with Gasteiger partial charge in [-0.2, -0.15) is 0 Å². The highest BCUT2D eigenvalue weighted by Crippen LogP contribution is 2.33. The number of likely N-dealkylation sites (tertiary alicyclic amines) is 2. The van der Waals surface area contributed by atoms with Gasteiger partial charge in [-0.25, -0.2) is 5.06 Å². The van der Waals surface area contributed by atoms with E-state index in [0.717, 1.165) is 43.4 Å². The lowest BCUT2D eigenvalue weighted by Gasteiger charge is -2.32. The van der Waals surface area contributed by atoms with Crippen LogP contribution in [0.15, 0.2) is 47.6 Å². The molecular formula is C20H26N4O3. The molecule has 1 aromatic rings. The van der Waals surface area contributed by atoms with Gasteiger partial charge in [0, 0.05) is 45.0 Å². The van der Waals surface area contributed by atoms with Gasteiger partial charge in [-0.3, -0.25) is 19.9 Å². The number of carbonyl (C=O) groups excluding carboxylic acids is 1. The van der Waals surface area contributed by atoms with Crippen molar-refractivity contribution in [3.63, 3.8) is 0 Å². The maximum Gasteiger partial charge on any atom is 0.222 e. The number of allylic oxidation sites excluding steroid dienone is 1. The van der Waals surface area contributed by atoms with Crippen LogP contribution in [0.5, 0.6) is 5.75 Å². The lowest BCUT2D eigenvalue weighted by Crippen LogP contribution is -2.45. The first-order chi connectivity index (χ1) is 13.2. The quantitative estimate of drug-likeness (QED) is 0.774. The van der Waals surface area contributed by atoms with Crippen LogP contribution in [-0.2, 0) is 4.79 Å². The summed E-state index contributed by atoms with van der Waals surface area (Å²) in [6.07, 6.45) is 5.99. The largest absolute Gasteiger partial charge is 0.494 e. The Kier molecular flexibility index (Phi) is 5.40. The smallest absolute Gasteiger partial charge is 0.222 e. The summed E-state index contributed by atoms with van der Waals surface area (Å²) in [4.78, 5) is 21.0.